The highest BCUT2D eigenvalue weighted by Crippen LogP contribution is 2.43. The number of esters is 1. The van der Waals surface area contributed by atoms with Crippen molar-refractivity contribution in [3.8, 4) is 0 Å². The molecule has 2 unspecified atom stereocenters. The normalized spacial score (nSPS) is 14.6. The maximum atomic E-state index is 12.7. The van der Waals surface area contributed by atoms with E-state index in [1.807, 2.05) is 21.1 Å². The third-order valence-corrected chi connectivity index (χ3v) is 10.1. The van der Waals surface area contributed by atoms with Crippen LogP contribution in [0.25, 0.3) is 0 Å². The smallest absolute Gasteiger partial charge is 0.457 e. The van der Waals surface area contributed by atoms with Gasteiger partial charge in [-0.15, -0.1) is 0 Å². The summed E-state index contributed by atoms with van der Waals surface area (Å²) in [7, 11) is 1.62. The molecule has 0 saturated carbocycles. The van der Waals surface area contributed by atoms with E-state index in [0.717, 1.165) is 96.3 Å². The molecule has 0 rings (SSSR count). The van der Waals surface area contributed by atoms with Crippen LogP contribution in [0.5, 0.6) is 0 Å². The van der Waals surface area contributed by atoms with Gasteiger partial charge < -0.3 is 18.9 Å². The lowest BCUT2D eigenvalue weighted by Crippen LogP contribution is -2.37. The SMILES string of the molecule is CC/C=C\C/C=C\C/C=C\C/C=C\C/C=C\CCCCCC(=O)OC(COCCCCCCCCCC/C=C\C/C=C\C/C=C\CC)COP(=O)(O)OCC[N+](C)(C)C. The second-order valence-electron chi connectivity index (χ2n) is 16.0. The summed E-state index contributed by atoms with van der Waals surface area (Å²) in [6.07, 6.45) is 57.3. The maximum Gasteiger partial charge on any atom is 0.472 e. The largest absolute Gasteiger partial charge is 0.472 e. The zero-order valence-electron chi connectivity index (χ0n) is 38.2. The van der Waals surface area contributed by atoms with Gasteiger partial charge in [-0.3, -0.25) is 13.8 Å². The Bertz CT molecular complexity index is 1260. The van der Waals surface area contributed by atoms with E-state index in [9.17, 15) is 14.3 Å². The number of likely N-dealkylation sites (N-methyl/N-ethyl adjacent to an activating group) is 1. The molecule has 338 valence electrons. The van der Waals surface area contributed by atoms with Crippen LogP contribution in [0.2, 0.25) is 0 Å². The van der Waals surface area contributed by atoms with Gasteiger partial charge in [-0.25, -0.2) is 4.57 Å². The molecule has 0 radical (unpaired) electrons. The van der Waals surface area contributed by atoms with Gasteiger partial charge in [0.15, 0.2) is 0 Å². The van der Waals surface area contributed by atoms with Crippen molar-refractivity contribution in [2.75, 3.05) is 54.1 Å². The Morgan fingerprint density at radius 3 is 1.39 bits per heavy atom. The zero-order chi connectivity index (χ0) is 43.4. The highest BCUT2D eigenvalue weighted by molar-refractivity contribution is 7.47. The number of rotatable bonds is 41. The van der Waals surface area contributed by atoms with Crippen LogP contribution in [0.15, 0.2) is 97.2 Å². The van der Waals surface area contributed by atoms with E-state index >= 15 is 0 Å². The Morgan fingerprint density at radius 1 is 0.525 bits per heavy atom. The lowest BCUT2D eigenvalue weighted by molar-refractivity contribution is -0.870. The topological polar surface area (TPSA) is 91.3 Å². The fourth-order valence-corrected chi connectivity index (χ4v) is 6.39. The number of allylic oxidation sites excluding steroid dienone is 16. The number of quaternary nitrogens is 1. The van der Waals surface area contributed by atoms with Crippen LogP contribution >= 0.6 is 7.82 Å². The zero-order valence-corrected chi connectivity index (χ0v) is 39.1. The fraction of sp³-hybridized carbons (Fsp3) is 0.660. The molecule has 9 heteroatoms. The first-order valence-electron chi connectivity index (χ1n) is 23.0. The molecule has 0 aliphatic carbocycles. The van der Waals surface area contributed by atoms with Gasteiger partial charge in [0.1, 0.15) is 19.3 Å². The first-order valence-corrected chi connectivity index (χ1v) is 24.5. The van der Waals surface area contributed by atoms with E-state index < -0.39 is 13.9 Å². The van der Waals surface area contributed by atoms with Gasteiger partial charge in [-0.1, -0.05) is 156 Å². The molecule has 59 heavy (non-hydrogen) atoms. The minimum atomic E-state index is -4.30. The molecule has 0 aromatic heterocycles. The number of hydrogen-bond acceptors (Lipinski definition) is 6. The molecule has 8 nitrogen and oxygen atoms in total. The quantitative estimate of drug-likeness (QED) is 0.0215. The summed E-state index contributed by atoms with van der Waals surface area (Å²) in [4.78, 5) is 22.9. The van der Waals surface area contributed by atoms with Crippen LogP contribution in [0.4, 0.5) is 0 Å². The number of ether oxygens (including phenoxy) is 2. The van der Waals surface area contributed by atoms with E-state index in [4.69, 9.17) is 18.5 Å². The highest BCUT2D eigenvalue weighted by atomic mass is 31.2. The first-order chi connectivity index (χ1) is 28.6. The number of carbonyl (C=O) groups is 1. The third-order valence-electron chi connectivity index (χ3n) is 9.14. The van der Waals surface area contributed by atoms with Crippen molar-refractivity contribution >= 4 is 13.8 Å². The molecular weight excluding hydrogens is 758 g/mol. The van der Waals surface area contributed by atoms with Gasteiger partial charge in [0, 0.05) is 13.0 Å². The number of phosphoric ester groups is 1. The predicted molar refractivity (Wildman–Crippen MR) is 251 cm³/mol. The van der Waals surface area contributed by atoms with Gasteiger partial charge in [-0.2, -0.15) is 0 Å². The Labute approximate surface area is 362 Å². The Hall–Kier alpha value is -2.58. The summed E-state index contributed by atoms with van der Waals surface area (Å²) < 4.78 is 35.0. The Balaban J connectivity index is 4.32. The molecule has 0 saturated heterocycles. The van der Waals surface area contributed by atoms with Gasteiger partial charge >= 0.3 is 13.8 Å². The van der Waals surface area contributed by atoms with Crippen LogP contribution in [0, 0.1) is 0 Å². The molecule has 0 aromatic carbocycles. The van der Waals surface area contributed by atoms with Crippen LogP contribution in [-0.4, -0.2) is 75.6 Å². The monoisotopic (exact) mass is 845 g/mol. The minimum Gasteiger partial charge on any atom is -0.457 e. The number of hydrogen-bond donors (Lipinski definition) is 1. The van der Waals surface area contributed by atoms with Crippen molar-refractivity contribution in [1.82, 2.24) is 0 Å². The lowest BCUT2D eigenvalue weighted by atomic mass is 10.1. The van der Waals surface area contributed by atoms with Gasteiger partial charge in [-0.05, 0) is 89.9 Å². The molecule has 1 N–H and O–H groups in total. The molecule has 0 amide bonds. The molecule has 0 bridgehead atoms. The van der Waals surface area contributed by atoms with E-state index in [1.165, 1.54) is 38.5 Å². The summed E-state index contributed by atoms with van der Waals surface area (Å²) in [5, 5.41) is 0. The molecule has 0 aromatic rings. The van der Waals surface area contributed by atoms with Crippen molar-refractivity contribution < 1.29 is 37.3 Å². The highest BCUT2D eigenvalue weighted by Gasteiger charge is 2.26. The van der Waals surface area contributed by atoms with Crippen LogP contribution in [0.3, 0.4) is 0 Å². The van der Waals surface area contributed by atoms with Crippen molar-refractivity contribution in [1.29, 1.82) is 0 Å². The van der Waals surface area contributed by atoms with E-state index in [0.29, 0.717) is 17.6 Å². The minimum absolute atomic E-state index is 0.0744. The van der Waals surface area contributed by atoms with Crippen molar-refractivity contribution in [2.24, 2.45) is 0 Å². The summed E-state index contributed by atoms with van der Waals surface area (Å²) in [6.45, 7) is 5.31. The van der Waals surface area contributed by atoms with E-state index in [1.54, 1.807) is 0 Å². The van der Waals surface area contributed by atoms with E-state index in [-0.39, 0.29) is 32.2 Å². The van der Waals surface area contributed by atoms with Crippen molar-refractivity contribution in [3.05, 3.63) is 97.2 Å². The van der Waals surface area contributed by atoms with Crippen LogP contribution < -0.4 is 0 Å². The molecule has 0 heterocycles. The Morgan fingerprint density at radius 2 is 0.932 bits per heavy atom. The van der Waals surface area contributed by atoms with Gasteiger partial charge in [0.25, 0.3) is 0 Å². The lowest BCUT2D eigenvalue weighted by Gasteiger charge is -2.24. The average Bonchev–Trinajstić information content (AvgIpc) is 3.19. The molecule has 0 spiro atoms. The third kappa shape index (κ3) is 46.3. The summed E-state index contributed by atoms with van der Waals surface area (Å²) in [5.41, 5.74) is 0. The fourth-order valence-electron chi connectivity index (χ4n) is 5.65. The number of phosphoric acid groups is 1. The standard InChI is InChI=1S/C50H86NO7P/c1-6-8-10-12-14-16-18-20-22-24-26-27-29-31-33-35-37-39-41-43-50(52)58-49(48-57-59(53,54)56-46-44-51(3,4)5)47-55-45-42-40-38-36-34-32-30-28-25-23-21-19-17-15-13-11-9-7-2/h8-11,14-17,20-23,26-27,31,33,49H,6-7,12-13,18-19,24-25,28-30,32,34-48H2,1-5H3/p+1/b10-8-,11-9-,16-14-,17-15-,22-20-,23-21-,27-26-,33-31-. The molecular formula is C50H87NO7P+. The van der Waals surface area contributed by atoms with Crippen molar-refractivity contribution in [2.45, 2.75) is 161 Å². The van der Waals surface area contributed by atoms with Gasteiger partial charge in [0.2, 0.25) is 0 Å². The predicted octanol–water partition coefficient (Wildman–Crippen LogP) is 13.8. The Kier molecular flexibility index (Phi) is 40.3. The number of nitrogens with zero attached hydrogens (tertiary/aromatic N) is 1. The molecule has 0 aliphatic heterocycles. The van der Waals surface area contributed by atoms with Crippen molar-refractivity contribution in [3.63, 3.8) is 0 Å². The van der Waals surface area contributed by atoms with Gasteiger partial charge in [0.05, 0.1) is 34.4 Å². The second kappa shape index (κ2) is 42.1. The first kappa shape index (κ1) is 56.4. The summed E-state index contributed by atoms with van der Waals surface area (Å²) in [6, 6.07) is 0. The number of carbonyl (C=O) groups excluding carboxylic acids is 1. The average molecular weight is 845 g/mol. The number of unbranched alkanes of at least 4 members (excludes halogenated alkanes) is 11. The van der Waals surface area contributed by atoms with Crippen LogP contribution in [-0.2, 0) is 27.9 Å². The van der Waals surface area contributed by atoms with E-state index in [2.05, 4.69) is 111 Å². The second-order valence-corrected chi connectivity index (χ2v) is 17.5. The van der Waals surface area contributed by atoms with Crippen LogP contribution in [0.1, 0.15) is 155 Å². The molecule has 0 aliphatic rings. The summed E-state index contributed by atoms with van der Waals surface area (Å²) >= 11 is 0. The molecule has 2 atom stereocenters. The maximum absolute atomic E-state index is 12.7. The molecule has 0 fully saturated rings. The summed E-state index contributed by atoms with van der Waals surface area (Å²) in [5.74, 6) is -0.352.